The van der Waals surface area contributed by atoms with Gasteiger partial charge in [0.2, 0.25) is 0 Å². The molecule has 2 saturated heterocycles. The lowest BCUT2D eigenvalue weighted by Gasteiger charge is -2.33. The number of morpholine rings is 1. The first kappa shape index (κ1) is 9.61. The predicted molar refractivity (Wildman–Crippen MR) is 59.1 cm³/mol. The summed E-state index contributed by atoms with van der Waals surface area (Å²) in [5.74, 6) is 0. The number of pyridine rings is 1. The van der Waals surface area contributed by atoms with Gasteiger partial charge in [-0.3, -0.25) is 0 Å². The van der Waals surface area contributed by atoms with Crippen molar-refractivity contribution < 1.29 is 4.74 Å². The Kier molecular flexibility index (Phi) is 2.26. The highest BCUT2D eigenvalue weighted by atomic mass is 16.5. The van der Waals surface area contributed by atoms with Gasteiger partial charge in [-0.2, -0.15) is 5.26 Å². The highest BCUT2D eigenvalue weighted by molar-refractivity contribution is 5.46. The van der Waals surface area contributed by atoms with Crippen LogP contribution < -0.4 is 4.90 Å². The number of hydrogen-bond acceptors (Lipinski definition) is 4. The second kappa shape index (κ2) is 3.76. The van der Waals surface area contributed by atoms with Crippen molar-refractivity contribution in [3.8, 4) is 6.07 Å². The maximum Gasteiger partial charge on any atom is 0.140 e. The number of ether oxygens (including phenoxy) is 1. The van der Waals surface area contributed by atoms with Gasteiger partial charge in [-0.1, -0.05) is 0 Å². The van der Waals surface area contributed by atoms with Gasteiger partial charge < -0.3 is 9.64 Å². The largest absolute Gasteiger partial charge is 0.371 e. The van der Waals surface area contributed by atoms with E-state index in [1.807, 2.05) is 12.1 Å². The molecule has 0 spiro atoms. The van der Waals surface area contributed by atoms with Crippen LogP contribution in [0.2, 0.25) is 0 Å². The van der Waals surface area contributed by atoms with Crippen LogP contribution in [0.5, 0.6) is 0 Å². The van der Waals surface area contributed by atoms with Gasteiger partial charge in [-0.25, -0.2) is 4.98 Å². The molecule has 1 aromatic heterocycles. The normalized spacial score (nSPS) is 27.8. The van der Waals surface area contributed by atoms with Crippen LogP contribution in [0, 0.1) is 11.3 Å². The van der Waals surface area contributed by atoms with Crippen LogP contribution in [-0.4, -0.2) is 30.3 Å². The third-order valence-corrected chi connectivity index (χ3v) is 3.27. The molecule has 0 aliphatic carbocycles. The first-order valence-corrected chi connectivity index (χ1v) is 5.62. The second-order valence-corrected chi connectivity index (χ2v) is 4.38. The Morgan fingerprint density at radius 1 is 1.31 bits per heavy atom. The monoisotopic (exact) mass is 215 g/mol. The van der Waals surface area contributed by atoms with Crippen LogP contribution >= 0.6 is 0 Å². The summed E-state index contributed by atoms with van der Waals surface area (Å²) in [5.41, 5.74) is 1.57. The van der Waals surface area contributed by atoms with Crippen LogP contribution in [0.1, 0.15) is 18.5 Å². The fourth-order valence-electron chi connectivity index (χ4n) is 2.46. The van der Waals surface area contributed by atoms with Crippen molar-refractivity contribution in [1.82, 2.24) is 4.98 Å². The van der Waals surface area contributed by atoms with Gasteiger partial charge in [0.05, 0.1) is 24.1 Å². The van der Waals surface area contributed by atoms with Gasteiger partial charge in [-0.05, 0) is 25.0 Å². The average molecular weight is 215 g/mol. The van der Waals surface area contributed by atoms with E-state index >= 15 is 0 Å². The van der Waals surface area contributed by atoms with Crippen molar-refractivity contribution in [1.29, 1.82) is 5.26 Å². The van der Waals surface area contributed by atoms with Gasteiger partial charge in [0.1, 0.15) is 11.8 Å². The molecule has 0 saturated carbocycles. The van der Waals surface area contributed by atoms with E-state index in [2.05, 4.69) is 9.88 Å². The topological polar surface area (TPSA) is 49.2 Å². The van der Waals surface area contributed by atoms with Gasteiger partial charge in [-0.15, -0.1) is 0 Å². The van der Waals surface area contributed by atoms with Crippen molar-refractivity contribution in [3.05, 3.63) is 24.0 Å². The molecule has 0 radical (unpaired) electrons. The lowest BCUT2D eigenvalue weighted by Crippen LogP contribution is -2.42. The van der Waals surface area contributed by atoms with Crippen LogP contribution in [0.3, 0.4) is 0 Å². The van der Waals surface area contributed by atoms with Crippen molar-refractivity contribution in [2.24, 2.45) is 0 Å². The zero-order valence-electron chi connectivity index (χ0n) is 8.97. The van der Waals surface area contributed by atoms with E-state index in [1.165, 1.54) is 12.8 Å². The molecule has 2 aliphatic heterocycles. The summed E-state index contributed by atoms with van der Waals surface area (Å²) in [7, 11) is 0. The Morgan fingerprint density at radius 3 is 2.62 bits per heavy atom. The summed E-state index contributed by atoms with van der Waals surface area (Å²) in [4.78, 5) is 6.40. The lowest BCUT2D eigenvalue weighted by atomic mass is 10.2. The fourth-order valence-corrected chi connectivity index (χ4v) is 2.46. The molecule has 16 heavy (non-hydrogen) atoms. The predicted octanol–water partition coefficient (Wildman–Crippen LogP) is 1.32. The number of nitrogens with zero attached hydrogens (tertiary/aromatic N) is 3. The van der Waals surface area contributed by atoms with E-state index in [-0.39, 0.29) is 0 Å². The van der Waals surface area contributed by atoms with E-state index in [9.17, 15) is 0 Å². The number of anilines is 1. The fraction of sp³-hybridized carbons (Fsp3) is 0.500. The SMILES string of the molecule is N#Cc1ccc(N2CC3CCC(C2)O3)cn1. The summed E-state index contributed by atoms with van der Waals surface area (Å²) in [6.07, 6.45) is 4.89. The molecule has 2 fully saturated rings. The molecular weight excluding hydrogens is 202 g/mol. The van der Waals surface area contributed by atoms with Gasteiger partial charge in [0, 0.05) is 13.1 Å². The van der Waals surface area contributed by atoms with E-state index in [0.717, 1.165) is 18.8 Å². The van der Waals surface area contributed by atoms with Gasteiger partial charge in [0.15, 0.2) is 0 Å². The number of aromatic nitrogens is 1. The summed E-state index contributed by atoms with van der Waals surface area (Å²) >= 11 is 0. The van der Waals surface area contributed by atoms with Gasteiger partial charge >= 0.3 is 0 Å². The van der Waals surface area contributed by atoms with Crippen molar-refractivity contribution in [3.63, 3.8) is 0 Å². The van der Waals surface area contributed by atoms with E-state index < -0.39 is 0 Å². The quantitative estimate of drug-likeness (QED) is 0.709. The number of nitriles is 1. The molecule has 0 amide bonds. The van der Waals surface area contributed by atoms with Crippen LogP contribution in [0.15, 0.2) is 18.3 Å². The van der Waals surface area contributed by atoms with E-state index in [0.29, 0.717) is 17.9 Å². The summed E-state index contributed by atoms with van der Waals surface area (Å²) in [6, 6.07) is 5.77. The number of fused-ring (bicyclic) bond motifs is 2. The molecule has 2 atom stereocenters. The minimum absolute atomic E-state index is 0.384. The summed E-state index contributed by atoms with van der Waals surface area (Å²) < 4.78 is 5.78. The molecule has 0 aromatic carbocycles. The molecule has 4 nitrogen and oxygen atoms in total. The third-order valence-electron chi connectivity index (χ3n) is 3.27. The summed E-state index contributed by atoms with van der Waals surface area (Å²) in [5, 5.41) is 8.69. The zero-order valence-corrected chi connectivity index (χ0v) is 8.97. The minimum Gasteiger partial charge on any atom is -0.371 e. The molecule has 4 heteroatoms. The molecule has 3 heterocycles. The molecule has 1 aromatic rings. The second-order valence-electron chi connectivity index (χ2n) is 4.38. The minimum atomic E-state index is 0.384. The highest BCUT2D eigenvalue weighted by Crippen LogP contribution is 2.29. The Labute approximate surface area is 94.5 Å². The molecule has 2 unspecified atom stereocenters. The van der Waals surface area contributed by atoms with E-state index in [4.69, 9.17) is 10.00 Å². The van der Waals surface area contributed by atoms with Crippen LogP contribution in [-0.2, 0) is 4.74 Å². The Bertz CT molecular complexity index is 411. The third kappa shape index (κ3) is 1.63. The smallest absolute Gasteiger partial charge is 0.140 e. The Balaban J connectivity index is 1.79. The molecular formula is C12H13N3O. The van der Waals surface area contributed by atoms with Gasteiger partial charge in [0.25, 0.3) is 0 Å². The molecule has 82 valence electrons. The first-order chi connectivity index (χ1) is 7.85. The van der Waals surface area contributed by atoms with Crippen LogP contribution in [0.4, 0.5) is 5.69 Å². The lowest BCUT2D eigenvalue weighted by molar-refractivity contribution is 0.0305. The zero-order chi connectivity index (χ0) is 11.0. The van der Waals surface area contributed by atoms with Crippen molar-refractivity contribution >= 4 is 5.69 Å². The van der Waals surface area contributed by atoms with Crippen molar-refractivity contribution in [2.45, 2.75) is 25.0 Å². The average Bonchev–Trinajstić information content (AvgIpc) is 2.68. The number of rotatable bonds is 1. The molecule has 0 N–H and O–H groups in total. The maximum atomic E-state index is 8.69. The molecule has 2 bridgehead atoms. The highest BCUT2D eigenvalue weighted by Gasteiger charge is 2.33. The Hall–Kier alpha value is -1.60. The number of hydrogen-bond donors (Lipinski definition) is 0. The standard InChI is InChI=1S/C12H13N3O/c13-5-9-1-2-10(6-14-9)15-7-11-3-4-12(8-15)16-11/h1-2,6,11-12H,3-4,7-8H2. The Morgan fingerprint density at radius 2 is 2.06 bits per heavy atom. The van der Waals surface area contributed by atoms with E-state index in [1.54, 1.807) is 12.3 Å². The van der Waals surface area contributed by atoms with Crippen LogP contribution in [0.25, 0.3) is 0 Å². The molecule has 3 rings (SSSR count). The maximum absolute atomic E-state index is 8.69. The molecule has 2 aliphatic rings. The first-order valence-electron chi connectivity index (χ1n) is 5.62. The van der Waals surface area contributed by atoms with Crippen molar-refractivity contribution in [2.75, 3.05) is 18.0 Å². The summed E-state index contributed by atoms with van der Waals surface area (Å²) in [6.45, 7) is 1.90.